The van der Waals surface area contributed by atoms with Crippen LogP contribution in [0.3, 0.4) is 0 Å². The van der Waals surface area contributed by atoms with E-state index >= 15 is 0 Å². The van der Waals surface area contributed by atoms with Crippen LogP contribution in [0.1, 0.15) is 19.3 Å². The van der Waals surface area contributed by atoms with E-state index in [0.717, 1.165) is 19.3 Å². The topological polar surface area (TPSA) is 0 Å². The molecule has 0 N–H and O–H groups in total. The normalized spacial score (nSPS) is 11.6. The standard InChI is InChI=1S/C32H35Si2.Cu/c1-4-5-10-27-32(33(2,28-19-11-6-12-20-28)29-21-13-7-14-22-29)34(3,30-23-15-8-16-24-30)31-25-17-9-18-26-31;/h4,6-9,11-26H,1,5,10,27H2,2-3H3;/q-1;+1. The van der Waals surface area contributed by atoms with Gasteiger partial charge in [0.05, 0.1) is 0 Å². The molecule has 0 aliphatic heterocycles. The first-order valence-electron chi connectivity index (χ1n) is 12.3. The van der Waals surface area contributed by atoms with Gasteiger partial charge in [-0.05, 0) is 22.6 Å². The molecule has 4 rings (SSSR count). The second-order valence-electron chi connectivity index (χ2n) is 9.37. The molecule has 0 saturated carbocycles. The van der Waals surface area contributed by atoms with E-state index in [4.69, 9.17) is 0 Å². The van der Waals surface area contributed by atoms with Crippen molar-refractivity contribution in [2.75, 3.05) is 0 Å². The first-order chi connectivity index (χ1) is 16.6. The van der Waals surface area contributed by atoms with Crippen LogP contribution in [0, 0.1) is 5.16 Å². The number of hydrogen-bond acceptors (Lipinski definition) is 0. The van der Waals surface area contributed by atoms with E-state index in [1.807, 2.05) is 0 Å². The van der Waals surface area contributed by atoms with Gasteiger partial charge in [0.25, 0.3) is 0 Å². The molecule has 4 aromatic rings. The van der Waals surface area contributed by atoms with Gasteiger partial charge in [-0.1, -0.05) is 168 Å². The maximum absolute atomic E-state index is 4.03. The van der Waals surface area contributed by atoms with Crippen molar-refractivity contribution in [3.8, 4) is 0 Å². The first kappa shape index (κ1) is 27.2. The van der Waals surface area contributed by atoms with Crippen LogP contribution in [0.5, 0.6) is 0 Å². The predicted molar refractivity (Wildman–Crippen MR) is 155 cm³/mol. The van der Waals surface area contributed by atoms with E-state index in [1.54, 1.807) is 5.16 Å². The van der Waals surface area contributed by atoms with E-state index in [9.17, 15) is 0 Å². The summed E-state index contributed by atoms with van der Waals surface area (Å²) >= 11 is 0. The van der Waals surface area contributed by atoms with Gasteiger partial charge in [-0.2, -0.15) is 6.42 Å². The van der Waals surface area contributed by atoms with Crippen molar-refractivity contribution in [3.05, 3.63) is 139 Å². The maximum atomic E-state index is 4.03. The molecule has 0 amide bonds. The summed E-state index contributed by atoms with van der Waals surface area (Å²) in [4.78, 5) is 0. The summed E-state index contributed by atoms with van der Waals surface area (Å²) in [7, 11) is -4.48. The van der Waals surface area contributed by atoms with Gasteiger partial charge in [0, 0.05) is 0 Å². The Bertz CT molecular complexity index is 993. The molecule has 0 atom stereocenters. The van der Waals surface area contributed by atoms with E-state index in [0.29, 0.717) is 0 Å². The van der Waals surface area contributed by atoms with Crippen LogP contribution in [0.15, 0.2) is 134 Å². The smallest absolute Gasteiger partial charge is 0.294 e. The second-order valence-corrected chi connectivity index (χ2v) is 17.9. The zero-order valence-corrected chi connectivity index (χ0v) is 23.7. The van der Waals surface area contributed by atoms with Gasteiger partial charge in [0.1, 0.15) is 0 Å². The number of allylic oxidation sites excluding steroid dienone is 1. The third-order valence-electron chi connectivity index (χ3n) is 7.45. The molecule has 0 spiro atoms. The molecular weight excluding hydrogens is 504 g/mol. The zero-order chi connectivity index (χ0) is 23.9. The Balaban J connectivity index is 0.00000342. The molecule has 3 heteroatoms. The van der Waals surface area contributed by atoms with Gasteiger partial charge in [-0.25, -0.2) is 0 Å². The van der Waals surface area contributed by atoms with Gasteiger partial charge in [-0.3, -0.25) is 5.16 Å². The molecule has 0 unspecified atom stereocenters. The van der Waals surface area contributed by atoms with Crippen molar-refractivity contribution in [1.29, 1.82) is 0 Å². The molecule has 35 heavy (non-hydrogen) atoms. The zero-order valence-electron chi connectivity index (χ0n) is 20.8. The summed E-state index contributed by atoms with van der Waals surface area (Å²) in [5.41, 5.74) is 0. The average Bonchev–Trinajstić information content (AvgIpc) is 2.92. The molecular formula is C32H35CuSi2. The summed E-state index contributed by atoms with van der Waals surface area (Å²) in [6.07, 6.45) is 5.39. The monoisotopic (exact) mass is 538 g/mol. The van der Waals surface area contributed by atoms with E-state index < -0.39 is 16.1 Å². The fraction of sp³-hybridized carbons (Fsp3) is 0.156. The molecule has 0 saturated heterocycles. The fourth-order valence-corrected chi connectivity index (χ4v) is 18.1. The van der Waals surface area contributed by atoms with Gasteiger partial charge in [-0.15, -0.1) is 6.58 Å². The Morgan fingerprint density at radius 3 is 1.11 bits per heavy atom. The number of rotatable bonds is 10. The quantitative estimate of drug-likeness (QED) is 0.104. The third-order valence-corrected chi connectivity index (χ3v) is 19.3. The van der Waals surface area contributed by atoms with Crippen LogP contribution in [0.2, 0.25) is 13.1 Å². The van der Waals surface area contributed by atoms with E-state index in [1.165, 1.54) is 20.7 Å². The van der Waals surface area contributed by atoms with Crippen molar-refractivity contribution in [2.24, 2.45) is 0 Å². The van der Waals surface area contributed by atoms with Gasteiger partial charge in [0.15, 0.2) is 0 Å². The van der Waals surface area contributed by atoms with Crippen molar-refractivity contribution >= 4 is 36.9 Å². The van der Waals surface area contributed by atoms with Crippen LogP contribution < -0.4 is 20.7 Å². The Hall–Kier alpha value is -2.43. The van der Waals surface area contributed by atoms with Crippen LogP contribution in [0.4, 0.5) is 0 Å². The molecule has 0 aliphatic rings. The summed E-state index contributed by atoms with van der Waals surface area (Å²) in [6.45, 7) is 9.22. The number of unbranched alkanes of at least 4 members (excludes halogenated alkanes) is 1. The Morgan fingerprint density at radius 1 is 0.571 bits per heavy atom. The summed E-state index contributed by atoms with van der Waals surface area (Å²) in [5, 5.41) is 7.79. The average molecular weight is 539 g/mol. The molecule has 0 radical (unpaired) electrons. The number of benzene rings is 4. The molecule has 0 aliphatic carbocycles. The van der Waals surface area contributed by atoms with Crippen LogP contribution >= 0.6 is 0 Å². The Labute approximate surface area is 224 Å². The molecule has 4 aromatic carbocycles. The summed E-state index contributed by atoms with van der Waals surface area (Å²) < 4.78 is 0. The van der Waals surface area contributed by atoms with Gasteiger partial charge < -0.3 is 0 Å². The second kappa shape index (κ2) is 12.5. The third kappa shape index (κ3) is 5.54. The van der Waals surface area contributed by atoms with Gasteiger partial charge in [0.2, 0.25) is 0 Å². The van der Waals surface area contributed by atoms with Gasteiger partial charge >= 0.3 is 17.1 Å². The van der Waals surface area contributed by atoms with Crippen LogP contribution in [0.25, 0.3) is 0 Å². The molecule has 0 aromatic heterocycles. The molecule has 0 fully saturated rings. The van der Waals surface area contributed by atoms with Crippen molar-refractivity contribution in [2.45, 2.75) is 32.4 Å². The van der Waals surface area contributed by atoms with Crippen molar-refractivity contribution < 1.29 is 17.1 Å². The largest absolute Gasteiger partial charge is 1.00 e. The first-order valence-corrected chi connectivity index (χ1v) is 17.3. The van der Waals surface area contributed by atoms with Crippen molar-refractivity contribution in [3.63, 3.8) is 0 Å². The summed E-state index contributed by atoms with van der Waals surface area (Å²) in [6, 6.07) is 45.3. The summed E-state index contributed by atoms with van der Waals surface area (Å²) in [5.74, 6) is 0. The molecule has 0 nitrogen and oxygen atoms in total. The fourth-order valence-electron chi connectivity index (χ4n) is 5.54. The van der Waals surface area contributed by atoms with E-state index in [-0.39, 0.29) is 17.1 Å². The Kier molecular flexibility index (Phi) is 9.71. The van der Waals surface area contributed by atoms with Crippen molar-refractivity contribution in [1.82, 2.24) is 0 Å². The van der Waals surface area contributed by atoms with Crippen LogP contribution in [-0.2, 0) is 17.1 Å². The minimum Gasteiger partial charge on any atom is -0.294 e. The molecule has 0 bridgehead atoms. The van der Waals surface area contributed by atoms with E-state index in [2.05, 4.69) is 147 Å². The maximum Gasteiger partial charge on any atom is 1.00 e. The van der Waals surface area contributed by atoms with Crippen LogP contribution in [-0.4, -0.2) is 16.1 Å². The minimum atomic E-state index is -2.24. The number of hydrogen-bond donors (Lipinski definition) is 0. The SMILES string of the molecule is C=CCCC[C-]([Si](C)(c1ccccc1)c1ccccc1)[Si](C)(c1ccccc1)c1ccccc1.[Cu+]. The predicted octanol–water partition coefficient (Wildman–Crippen LogP) is 5.78. The molecule has 0 heterocycles. The Morgan fingerprint density at radius 2 is 0.857 bits per heavy atom. The molecule has 182 valence electrons. The minimum absolute atomic E-state index is 0.